The van der Waals surface area contributed by atoms with Crippen molar-refractivity contribution in [3.8, 4) is 0 Å². The minimum Gasteiger partial charge on any atom is -0.368 e. The van der Waals surface area contributed by atoms with E-state index in [1.165, 1.54) is 4.90 Å². The monoisotopic (exact) mass is 382 g/mol. The summed E-state index contributed by atoms with van der Waals surface area (Å²) in [5, 5.41) is 6.50. The molecule has 2 aliphatic heterocycles. The topological polar surface area (TPSA) is 73.8 Å². The quantitative estimate of drug-likeness (QED) is 0.855. The number of fused-ring (bicyclic) bond motifs is 1. The average Bonchev–Trinajstić information content (AvgIpc) is 3.19. The highest BCUT2D eigenvalue weighted by Crippen LogP contribution is 2.27. The summed E-state index contributed by atoms with van der Waals surface area (Å²) in [6, 6.07) is 12.6. The number of aliphatic imine (C=N–C) groups is 1. The predicted molar refractivity (Wildman–Crippen MR) is 105 cm³/mol. The Balaban J connectivity index is 1.54. The molecule has 2 heterocycles. The lowest BCUT2D eigenvalue weighted by Crippen LogP contribution is -2.45. The first kappa shape index (κ1) is 17.5. The number of carbonyl (C=O) groups excluding carboxylic acids is 2. The maximum absolute atomic E-state index is 12.9. The van der Waals surface area contributed by atoms with E-state index in [0.717, 1.165) is 17.7 Å². The molecule has 0 saturated carbocycles. The smallest absolute Gasteiger partial charge is 0.254 e. The van der Waals surface area contributed by atoms with Gasteiger partial charge in [0.25, 0.3) is 5.91 Å². The lowest BCUT2D eigenvalue weighted by atomic mass is 10.0. The van der Waals surface area contributed by atoms with Gasteiger partial charge in [-0.2, -0.15) is 0 Å². The van der Waals surface area contributed by atoms with Crippen LogP contribution in [0.25, 0.3) is 0 Å². The second-order valence-corrected chi connectivity index (χ2v) is 7.18. The number of halogens is 1. The molecular formula is C20H19ClN4O2. The highest BCUT2D eigenvalue weighted by molar-refractivity contribution is 6.31. The summed E-state index contributed by atoms with van der Waals surface area (Å²) < 4.78 is 0. The largest absolute Gasteiger partial charge is 0.368 e. The molecule has 2 aromatic rings. The van der Waals surface area contributed by atoms with Gasteiger partial charge in [0.1, 0.15) is 6.04 Å². The summed E-state index contributed by atoms with van der Waals surface area (Å²) >= 11 is 6.02. The van der Waals surface area contributed by atoms with Crippen molar-refractivity contribution in [2.75, 3.05) is 18.5 Å². The lowest BCUT2D eigenvalue weighted by molar-refractivity contribution is -0.120. The molecule has 27 heavy (non-hydrogen) atoms. The standard InChI is InChI=1S/C20H19ClN4O2/c1-25-18-7-6-14(21)9-15(18)19(26)24-16(20(25)27)8-12-2-4-13(5-3-12)17-10-22-11-23-17/h2-7,9,11,16-17H,8,10H2,1H3,(H,22,23)(H,24,26). The summed E-state index contributed by atoms with van der Waals surface area (Å²) in [6.45, 7) is 0.724. The van der Waals surface area contributed by atoms with Crippen LogP contribution in [0.4, 0.5) is 5.69 Å². The van der Waals surface area contributed by atoms with E-state index in [1.54, 1.807) is 31.6 Å². The van der Waals surface area contributed by atoms with Gasteiger partial charge in [-0.1, -0.05) is 35.9 Å². The first-order chi connectivity index (χ1) is 13.0. The molecule has 2 aliphatic rings. The van der Waals surface area contributed by atoms with E-state index in [-0.39, 0.29) is 17.9 Å². The van der Waals surface area contributed by atoms with Crippen LogP contribution in [0.2, 0.25) is 5.02 Å². The molecule has 4 rings (SSSR count). The second-order valence-electron chi connectivity index (χ2n) is 6.74. The van der Waals surface area contributed by atoms with Crippen LogP contribution in [-0.2, 0) is 11.2 Å². The van der Waals surface area contributed by atoms with Crippen molar-refractivity contribution >= 4 is 35.4 Å². The first-order valence-electron chi connectivity index (χ1n) is 8.74. The highest BCUT2D eigenvalue weighted by Gasteiger charge is 2.32. The Hall–Kier alpha value is -2.86. The van der Waals surface area contributed by atoms with Crippen molar-refractivity contribution in [2.45, 2.75) is 18.5 Å². The van der Waals surface area contributed by atoms with Gasteiger partial charge in [-0.25, -0.2) is 0 Å². The van der Waals surface area contributed by atoms with Crippen LogP contribution in [0.15, 0.2) is 47.5 Å². The van der Waals surface area contributed by atoms with Gasteiger partial charge in [-0.05, 0) is 29.3 Å². The highest BCUT2D eigenvalue weighted by atomic mass is 35.5. The summed E-state index contributed by atoms with van der Waals surface area (Å²) in [6.07, 6.45) is 2.14. The van der Waals surface area contributed by atoms with Crippen LogP contribution >= 0.6 is 11.6 Å². The van der Waals surface area contributed by atoms with Gasteiger partial charge in [0, 0.05) is 18.5 Å². The Bertz CT molecular complexity index is 918. The molecule has 6 nitrogen and oxygen atoms in total. The molecule has 2 amide bonds. The number of nitrogens with one attached hydrogen (secondary N) is 2. The van der Waals surface area contributed by atoms with E-state index in [0.29, 0.717) is 22.7 Å². The zero-order valence-corrected chi connectivity index (χ0v) is 15.5. The Morgan fingerprint density at radius 2 is 1.96 bits per heavy atom. The number of amides is 2. The van der Waals surface area contributed by atoms with Gasteiger partial charge >= 0.3 is 0 Å². The number of hydrogen-bond acceptors (Lipinski definition) is 4. The van der Waals surface area contributed by atoms with E-state index in [4.69, 9.17) is 11.6 Å². The lowest BCUT2D eigenvalue weighted by Gasteiger charge is -2.21. The van der Waals surface area contributed by atoms with Crippen molar-refractivity contribution in [3.63, 3.8) is 0 Å². The molecule has 0 radical (unpaired) electrons. The average molecular weight is 383 g/mol. The molecular weight excluding hydrogens is 364 g/mol. The van der Waals surface area contributed by atoms with Gasteiger partial charge in [-0.15, -0.1) is 0 Å². The number of nitrogens with zero attached hydrogens (tertiary/aromatic N) is 2. The van der Waals surface area contributed by atoms with Gasteiger partial charge in [0.2, 0.25) is 5.91 Å². The molecule has 2 unspecified atom stereocenters. The predicted octanol–water partition coefficient (Wildman–Crippen LogP) is 2.33. The molecule has 0 bridgehead atoms. The van der Waals surface area contributed by atoms with Crippen LogP contribution in [0.1, 0.15) is 27.5 Å². The minimum atomic E-state index is -0.632. The van der Waals surface area contributed by atoms with Gasteiger partial charge in [-0.3, -0.25) is 14.6 Å². The molecule has 7 heteroatoms. The molecule has 0 fully saturated rings. The van der Waals surface area contributed by atoms with Crippen molar-refractivity contribution in [2.24, 2.45) is 4.99 Å². The van der Waals surface area contributed by atoms with Crippen LogP contribution < -0.4 is 15.5 Å². The van der Waals surface area contributed by atoms with Crippen molar-refractivity contribution < 1.29 is 9.59 Å². The molecule has 2 atom stereocenters. The number of benzene rings is 2. The number of hydrogen-bond donors (Lipinski definition) is 2. The normalized spacial score (nSPS) is 21.5. The fraction of sp³-hybridized carbons (Fsp3) is 0.250. The van der Waals surface area contributed by atoms with Crippen molar-refractivity contribution in [1.29, 1.82) is 0 Å². The zero-order valence-electron chi connectivity index (χ0n) is 14.8. The molecule has 0 spiro atoms. The summed E-state index contributed by atoms with van der Waals surface area (Å²) in [5.74, 6) is -0.446. The molecule has 138 valence electrons. The van der Waals surface area contributed by atoms with Crippen LogP contribution in [0.5, 0.6) is 0 Å². The maximum atomic E-state index is 12.9. The summed E-state index contributed by atoms with van der Waals surface area (Å²) in [5.41, 5.74) is 3.09. The van der Waals surface area contributed by atoms with Crippen LogP contribution in [0, 0.1) is 0 Å². The number of rotatable bonds is 3. The zero-order chi connectivity index (χ0) is 19.0. The van der Waals surface area contributed by atoms with E-state index in [9.17, 15) is 9.59 Å². The summed E-state index contributed by atoms with van der Waals surface area (Å²) in [7, 11) is 1.68. The Morgan fingerprint density at radius 1 is 1.19 bits per heavy atom. The van der Waals surface area contributed by atoms with Crippen molar-refractivity contribution in [1.82, 2.24) is 10.6 Å². The van der Waals surface area contributed by atoms with Crippen LogP contribution in [-0.4, -0.2) is 37.8 Å². The third-order valence-electron chi connectivity index (χ3n) is 4.98. The maximum Gasteiger partial charge on any atom is 0.254 e. The number of anilines is 1. The van der Waals surface area contributed by atoms with Crippen LogP contribution in [0.3, 0.4) is 0 Å². The fourth-order valence-electron chi connectivity index (χ4n) is 3.45. The summed E-state index contributed by atoms with van der Waals surface area (Å²) in [4.78, 5) is 31.2. The van der Waals surface area contributed by atoms with E-state index < -0.39 is 6.04 Å². The second kappa shape index (κ2) is 7.04. The third kappa shape index (κ3) is 3.40. The minimum absolute atomic E-state index is 0.153. The third-order valence-corrected chi connectivity index (χ3v) is 5.21. The molecule has 2 aromatic carbocycles. The SMILES string of the molecule is CN1C(=O)C(Cc2ccc(C3CN=CN3)cc2)NC(=O)c2cc(Cl)ccc21. The Morgan fingerprint density at radius 3 is 2.67 bits per heavy atom. The van der Waals surface area contributed by atoms with E-state index in [1.807, 2.05) is 24.3 Å². The number of carbonyl (C=O) groups is 2. The van der Waals surface area contributed by atoms with Gasteiger partial charge < -0.3 is 15.5 Å². The molecule has 2 N–H and O–H groups in total. The van der Waals surface area contributed by atoms with Gasteiger partial charge in [0.05, 0.1) is 30.2 Å². The molecule has 0 aromatic heterocycles. The van der Waals surface area contributed by atoms with Gasteiger partial charge in [0.15, 0.2) is 0 Å². The molecule has 0 aliphatic carbocycles. The Labute approximate surface area is 162 Å². The first-order valence-corrected chi connectivity index (χ1v) is 9.12. The molecule has 0 saturated heterocycles. The van der Waals surface area contributed by atoms with E-state index in [2.05, 4.69) is 15.6 Å². The van der Waals surface area contributed by atoms with Crippen molar-refractivity contribution in [3.05, 3.63) is 64.2 Å². The Kier molecular flexibility index (Phi) is 4.58. The van der Waals surface area contributed by atoms with E-state index >= 15 is 0 Å². The number of likely N-dealkylation sites (N-methyl/N-ethyl adjacent to an activating group) is 1. The fourth-order valence-corrected chi connectivity index (χ4v) is 3.62.